The van der Waals surface area contributed by atoms with Crippen LogP contribution in [0.5, 0.6) is 5.75 Å². The van der Waals surface area contributed by atoms with Crippen molar-refractivity contribution in [2.45, 2.75) is 25.0 Å². The first-order valence-electron chi connectivity index (χ1n) is 6.33. The summed E-state index contributed by atoms with van der Waals surface area (Å²) >= 11 is 0. The fourth-order valence-corrected chi connectivity index (χ4v) is 2.20. The third-order valence-electron chi connectivity index (χ3n) is 3.50. The Kier molecular flexibility index (Phi) is 4.58. The van der Waals surface area contributed by atoms with Crippen LogP contribution in [0.25, 0.3) is 0 Å². The van der Waals surface area contributed by atoms with Crippen molar-refractivity contribution >= 4 is 0 Å². The summed E-state index contributed by atoms with van der Waals surface area (Å²) in [6.45, 7) is 2.51. The number of methoxy groups -OCH3 is 1. The highest BCUT2D eigenvalue weighted by molar-refractivity contribution is 5.32. The quantitative estimate of drug-likeness (QED) is 0.865. The Morgan fingerprint density at radius 1 is 1.28 bits per heavy atom. The van der Waals surface area contributed by atoms with Crippen molar-refractivity contribution in [2.75, 3.05) is 26.9 Å². The molecule has 100 valence electrons. The summed E-state index contributed by atoms with van der Waals surface area (Å²) in [5.74, 6) is 0.858. The Bertz CT molecular complexity index is 375. The van der Waals surface area contributed by atoms with Crippen molar-refractivity contribution in [3.05, 3.63) is 29.8 Å². The molecule has 0 aromatic heterocycles. The molecule has 1 heterocycles. The van der Waals surface area contributed by atoms with Crippen LogP contribution >= 0.6 is 0 Å². The van der Waals surface area contributed by atoms with E-state index in [4.69, 9.17) is 19.9 Å². The predicted octanol–water partition coefficient (Wildman–Crippen LogP) is 1.72. The van der Waals surface area contributed by atoms with Gasteiger partial charge in [-0.05, 0) is 6.07 Å². The van der Waals surface area contributed by atoms with Crippen LogP contribution < -0.4 is 10.5 Å². The van der Waals surface area contributed by atoms with Gasteiger partial charge in [-0.2, -0.15) is 0 Å². The summed E-state index contributed by atoms with van der Waals surface area (Å²) in [5.41, 5.74) is 6.68. The largest absolute Gasteiger partial charge is 0.496 e. The molecule has 1 saturated heterocycles. The minimum atomic E-state index is -0.237. The van der Waals surface area contributed by atoms with E-state index in [1.54, 1.807) is 7.11 Å². The molecule has 2 N–H and O–H groups in total. The minimum absolute atomic E-state index is 0.237. The first kappa shape index (κ1) is 13.3. The topological polar surface area (TPSA) is 53.7 Å². The van der Waals surface area contributed by atoms with Crippen LogP contribution in [0.2, 0.25) is 0 Å². The zero-order valence-electron chi connectivity index (χ0n) is 10.9. The molecule has 0 saturated carbocycles. The highest BCUT2D eigenvalue weighted by atomic mass is 16.5. The van der Waals surface area contributed by atoms with Crippen molar-refractivity contribution in [1.82, 2.24) is 0 Å². The Balaban J connectivity index is 2.01. The second-order valence-electron chi connectivity index (χ2n) is 4.60. The van der Waals surface area contributed by atoms with E-state index in [0.29, 0.717) is 13.2 Å². The normalized spacial score (nSPS) is 18.6. The smallest absolute Gasteiger partial charge is 0.124 e. The highest BCUT2D eigenvalue weighted by Crippen LogP contribution is 2.27. The van der Waals surface area contributed by atoms with Crippen LogP contribution in [0, 0.1) is 0 Å². The Hall–Kier alpha value is -1.10. The molecule has 0 bridgehead atoms. The van der Waals surface area contributed by atoms with Crippen molar-refractivity contribution in [3.63, 3.8) is 0 Å². The number of nitrogens with two attached hydrogens (primary N) is 1. The van der Waals surface area contributed by atoms with Crippen LogP contribution in [0.4, 0.5) is 0 Å². The lowest BCUT2D eigenvalue weighted by atomic mass is 9.94. The van der Waals surface area contributed by atoms with E-state index >= 15 is 0 Å². The summed E-state index contributed by atoms with van der Waals surface area (Å²) in [7, 11) is 1.67. The lowest BCUT2D eigenvalue weighted by molar-refractivity contribution is -0.112. The molecule has 0 amide bonds. The van der Waals surface area contributed by atoms with Gasteiger partial charge < -0.3 is 19.9 Å². The predicted molar refractivity (Wildman–Crippen MR) is 69.6 cm³/mol. The lowest BCUT2D eigenvalue weighted by Gasteiger charge is -2.36. The maximum atomic E-state index is 6.06. The van der Waals surface area contributed by atoms with Gasteiger partial charge in [0.05, 0.1) is 19.3 Å². The van der Waals surface area contributed by atoms with Gasteiger partial charge in [0.15, 0.2) is 0 Å². The zero-order valence-corrected chi connectivity index (χ0v) is 10.9. The molecule has 0 radical (unpaired) electrons. The summed E-state index contributed by atoms with van der Waals surface area (Å²) in [6.07, 6.45) is 1.72. The van der Waals surface area contributed by atoms with E-state index in [-0.39, 0.29) is 5.60 Å². The molecule has 1 aromatic rings. The van der Waals surface area contributed by atoms with Gasteiger partial charge in [0.25, 0.3) is 0 Å². The van der Waals surface area contributed by atoms with Crippen LogP contribution in [-0.2, 0) is 16.1 Å². The molecule has 4 nitrogen and oxygen atoms in total. The summed E-state index contributed by atoms with van der Waals surface area (Å²) in [6, 6.07) is 7.90. The average Bonchev–Trinajstić information content (AvgIpc) is 2.46. The van der Waals surface area contributed by atoms with Gasteiger partial charge >= 0.3 is 0 Å². The number of hydrogen-bond donors (Lipinski definition) is 1. The monoisotopic (exact) mass is 251 g/mol. The third kappa shape index (κ3) is 3.02. The second kappa shape index (κ2) is 6.18. The van der Waals surface area contributed by atoms with Crippen molar-refractivity contribution < 1.29 is 14.2 Å². The molecule has 0 spiro atoms. The van der Waals surface area contributed by atoms with Crippen LogP contribution in [0.1, 0.15) is 18.4 Å². The van der Waals surface area contributed by atoms with Gasteiger partial charge in [-0.15, -0.1) is 0 Å². The molecule has 1 aliphatic heterocycles. The summed E-state index contributed by atoms with van der Waals surface area (Å²) < 4.78 is 16.7. The van der Waals surface area contributed by atoms with E-state index in [9.17, 15) is 0 Å². The molecule has 1 aromatic carbocycles. The molecule has 18 heavy (non-hydrogen) atoms. The summed E-state index contributed by atoms with van der Waals surface area (Å²) in [5, 5.41) is 0. The minimum Gasteiger partial charge on any atom is -0.496 e. The fraction of sp³-hybridized carbons (Fsp3) is 0.571. The molecule has 1 fully saturated rings. The maximum Gasteiger partial charge on any atom is 0.124 e. The van der Waals surface area contributed by atoms with E-state index in [1.165, 1.54) is 0 Å². The first-order valence-corrected chi connectivity index (χ1v) is 6.33. The van der Waals surface area contributed by atoms with E-state index < -0.39 is 0 Å². The molecule has 0 aliphatic carbocycles. The van der Waals surface area contributed by atoms with Gasteiger partial charge in [0, 0.05) is 38.2 Å². The molecular weight excluding hydrogens is 230 g/mol. The average molecular weight is 251 g/mol. The first-order chi connectivity index (χ1) is 8.79. The van der Waals surface area contributed by atoms with Gasteiger partial charge in [-0.3, -0.25) is 0 Å². The van der Waals surface area contributed by atoms with Crippen LogP contribution in [-0.4, -0.2) is 32.5 Å². The van der Waals surface area contributed by atoms with Crippen molar-refractivity contribution in [3.8, 4) is 5.75 Å². The SMILES string of the molecule is COc1ccccc1COC1(CN)CCOCC1. The van der Waals surface area contributed by atoms with Gasteiger partial charge in [-0.25, -0.2) is 0 Å². The molecule has 1 aliphatic rings. The lowest BCUT2D eigenvalue weighted by Crippen LogP contribution is -2.45. The highest BCUT2D eigenvalue weighted by Gasteiger charge is 2.32. The maximum absolute atomic E-state index is 6.06. The number of benzene rings is 1. The third-order valence-corrected chi connectivity index (χ3v) is 3.50. The molecule has 4 heteroatoms. The number of para-hydroxylation sites is 1. The standard InChI is InChI=1S/C14H21NO3/c1-16-13-5-3-2-4-12(13)10-18-14(11-15)6-8-17-9-7-14/h2-5H,6-11,15H2,1H3. The number of ether oxygens (including phenoxy) is 3. The zero-order chi connectivity index (χ0) is 12.8. The number of hydrogen-bond acceptors (Lipinski definition) is 4. The second-order valence-corrected chi connectivity index (χ2v) is 4.60. The van der Waals surface area contributed by atoms with E-state index in [0.717, 1.165) is 37.4 Å². The molecule has 2 rings (SSSR count). The molecule has 0 atom stereocenters. The fourth-order valence-electron chi connectivity index (χ4n) is 2.20. The van der Waals surface area contributed by atoms with Crippen LogP contribution in [0.15, 0.2) is 24.3 Å². The van der Waals surface area contributed by atoms with E-state index in [1.807, 2.05) is 24.3 Å². The van der Waals surface area contributed by atoms with Crippen molar-refractivity contribution in [2.24, 2.45) is 5.73 Å². The molecular formula is C14H21NO3. The Labute approximate surface area is 108 Å². The van der Waals surface area contributed by atoms with Gasteiger partial charge in [0.2, 0.25) is 0 Å². The van der Waals surface area contributed by atoms with Gasteiger partial charge in [0.1, 0.15) is 5.75 Å². The van der Waals surface area contributed by atoms with E-state index in [2.05, 4.69) is 0 Å². The van der Waals surface area contributed by atoms with Crippen LogP contribution in [0.3, 0.4) is 0 Å². The Morgan fingerprint density at radius 2 is 2.00 bits per heavy atom. The Morgan fingerprint density at radius 3 is 2.67 bits per heavy atom. The summed E-state index contributed by atoms with van der Waals surface area (Å²) in [4.78, 5) is 0. The molecule has 0 unspecified atom stereocenters. The van der Waals surface area contributed by atoms with Gasteiger partial charge in [-0.1, -0.05) is 18.2 Å². The van der Waals surface area contributed by atoms with Crippen molar-refractivity contribution in [1.29, 1.82) is 0 Å². The number of rotatable bonds is 5.